The predicted octanol–water partition coefficient (Wildman–Crippen LogP) is 3.89. The molecule has 0 radical (unpaired) electrons. The van der Waals surface area contributed by atoms with Crippen LogP contribution in [0.15, 0.2) is 79.4 Å². The highest BCUT2D eigenvalue weighted by atomic mass is 16.5. The molecule has 2 aromatic carbocycles. The second-order valence-corrected chi connectivity index (χ2v) is 8.40. The van der Waals surface area contributed by atoms with Gasteiger partial charge >= 0.3 is 0 Å². The van der Waals surface area contributed by atoms with Crippen molar-refractivity contribution in [2.75, 3.05) is 56.7 Å². The summed E-state index contributed by atoms with van der Waals surface area (Å²) in [6.45, 7) is 5.33. The summed E-state index contributed by atoms with van der Waals surface area (Å²) < 4.78 is 11.2. The van der Waals surface area contributed by atoms with E-state index in [2.05, 4.69) is 35.1 Å². The molecule has 3 heterocycles. The number of hydrogen-bond acceptors (Lipinski definition) is 9. The Hall–Kier alpha value is -4.24. The SMILES string of the molecule is COc1ccc(-c2cnc(Nc3ccc(OCCN4CCN(c5ncccn5)CC4)cc3)nc2)cc1. The second-order valence-electron chi connectivity index (χ2n) is 8.40. The molecule has 1 saturated heterocycles. The van der Waals surface area contributed by atoms with Crippen molar-refractivity contribution in [3.05, 3.63) is 79.4 Å². The van der Waals surface area contributed by atoms with E-state index in [0.29, 0.717) is 12.6 Å². The average Bonchev–Trinajstić information content (AvgIpc) is 2.95. The molecule has 1 N–H and O–H groups in total. The lowest BCUT2D eigenvalue weighted by atomic mass is 10.1. The minimum Gasteiger partial charge on any atom is -0.497 e. The Morgan fingerprint density at radius 3 is 2.11 bits per heavy atom. The van der Waals surface area contributed by atoms with Crippen LogP contribution in [-0.4, -0.2) is 71.3 Å². The van der Waals surface area contributed by atoms with Crippen LogP contribution in [0, 0.1) is 0 Å². The maximum Gasteiger partial charge on any atom is 0.227 e. The number of methoxy groups -OCH3 is 1. The lowest BCUT2D eigenvalue weighted by molar-refractivity contribution is 0.200. The molecule has 0 saturated carbocycles. The number of aromatic nitrogens is 4. The van der Waals surface area contributed by atoms with Gasteiger partial charge < -0.3 is 19.7 Å². The Morgan fingerprint density at radius 2 is 1.44 bits per heavy atom. The minimum absolute atomic E-state index is 0.543. The third-order valence-electron chi connectivity index (χ3n) is 6.07. The quantitative estimate of drug-likeness (QED) is 0.381. The predicted molar refractivity (Wildman–Crippen MR) is 140 cm³/mol. The summed E-state index contributed by atoms with van der Waals surface area (Å²) in [7, 11) is 1.66. The van der Waals surface area contributed by atoms with Gasteiger partial charge in [-0.15, -0.1) is 0 Å². The first-order valence-electron chi connectivity index (χ1n) is 12.0. The summed E-state index contributed by atoms with van der Waals surface area (Å²) >= 11 is 0. The summed E-state index contributed by atoms with van der Waals surface area (Å²) in [5.41, 5.74) is 2.89. The van der Waals surface area contributed by atoms with Crippen LogP contribution >= 0.6 is 0 Å². The molecule has 184 valence electrons. The van der Waals surface area contributed by atoms with Crippen molar-refractivity contribution in [1.29, 1.82) is 0 Å². The minimum atomic E-state index is 0.543. The highest BCUT2D eigenvalue weighted by Gasteiger charge is 2.18. The molecule has 9 heteroatoms. The van der Waals surface area contributed by atoms with Gasteiger partial charge in [0.1, 0.15) is 18.1 Å². The molecule has 0 spiro atoms. The molecule has 0 amide bonds. The van der Waals surface area contributed by atoms with Crippen molar-refractivity contribution in [3.8, 4) is 22.6 Å². The van der Waals surface area contributed by atoms with Gasteiger partial charge in [0.15, 0.2) is 0 Å². The van der Waals surface area contributed by atoms with E-state index in [1.54, 1.807) is 31.9 Å². The zero-order valence-electron chi connectivity index (χ0n) is 20.2. The Morgan fingerprint density at radius 1 is 0.778 bits per heavy atom. The maximum atomic E-state index is 5.96. The number of piperazine rings is 1. The Kier molecular flexibility index (Phi) is 7.48. The number of benzene rings is 2. The summed E-state index contributed by atoms with van der Waals surface area (Å²) in [5.74, 6) is 3.01. The van der Waals surface area contributed by atoms with Crippen molar-refractivity contribution in [2.45, 2.75) is 0 Å². The molecular weight excluding hydrogens is 454 g/mol. The smallest absolute Gasteiger partial charge is 0.227 e. The Labute approximate surface area is 210 Å². The van der Waals surface area contributed by atoms with Crippen molar-refractivity contribution in [2.24, 2.45) is 0 Å². The van der Waals surface area contributed by atoms with Gasteiger partial charge in [-0.1, -0.05) is 12.1 Å². The van der Waals surface area contributed by atoms with E-state index in [4.69, 9.17) is 9.47 Å². The zero-order valence-corrected chi connectivity index (χ0v) is 20.2. The molecule has 36 heavy (non-hydrogen) atoms. The van der Waals surface area contributed by atoms with E-state index in [0.717, 1.165) is 67.0 Å². The van der Waals surface area contributed by atoms with E-state index in [-0.39, 0.29) is 0 Å². The summed E-state index contributed by atoms with van der Waals surface area (Å²) in [6.07, 6.45) is 7.19. The van der Waals surface area contributed by atoms with Crippen LogP contribution in [0.2, 0.25) is 0 Å². The molecule has 4 aromatic rings. The van der Waals surface area contributed by atoms with Crippen molar-refractivity contribution < 1.29 is 9.47 Å². The fraction of sp³-hybridized carbons (Fsp3) is 0.259. The Balaban J connectivity index is 1.06. The van der Waals surface area contributed by atoms with Crippen LogP contribution in [0.3, 0.4) is 0 Å². The molecule has 1 fully saturated rings. The van der Waals surface area contributed by atoms with E-state index in [1.165, 1.54) is 0 Å². The van der Waals surface area contributed by atoms with Crippen LogP contribution in [0.25, 0.3) is 11.1 Å². The molecule has 9 nitrogen and oxygen atoms in total. The van der Waals surface area contributed by atoms with E-state index in [9.17, 15) is 0 Å². The van der Waals surface area contributed by atoms with Gasteiger partial charge in [0.25, 0.3) is 0 Å². The van der Waals surface area contributed by atoms with Gasteiger partial charge in [-0.25, -0.2) is 19.9 Å². The van der Waals surface area contributed by atoms with Gasteiger partial charge in [-0.3, -0.25) is 4.90 Å². The molecular formula is C27H29N7O2. The zero-order chi connectivity index (χ0) is 24.6. The lowest BCUT2D eigenvalue weighted by Crippen LogP contribution is -2.48. The molecule has 0 atom stereocenters. The third-order valence-corrected chi connectivity index (χ3v) is 6.07. The van der Waals surface area contributed by atoms with E-state index < -0.39 is 0 Å². The van der Waals surface area contributed by atoms with Gasteiger partial charge in [-0.2, -0.15) is 0 Å². The molecule has 0 unspecified atom stereocenters. The molecule has 5 rings (SSSR count). The first-order chi connectivity index (χ1) is 17.8. The first-order valence-corrected chi connectivity index (χ1v) is 12.0. The number of ether oxygens (including phenoxy) is 2. The number of nitrogens with zero attached hydrogens (tertiary/aromatic N) is 6. The van der Waals surface area contributed by atoms with Crippen molar-refractivity contribution in [1.82, 2.24) is 24.8 Å². The molecule has 1 aliphatic heterocycles. The maximum absolute atomic E-state index is 5.96. The molecule has 0 bridgehead atoms. The van der Waals surface area contributed by atoms with Crippen molar-refractivity contribution in [3.63, 3.8) is 0 Å². The van der Waals surface area contributed by atoms with Gasteiger partial charge in [-0.05, 0) is 48.0 Å². The number of anilines is 3. The second kappa shape index (κ2) is 11.5. The summed E-state index contributed by atoms with van der Waals surface area (Å²) in [6, 6.07) is 17.5. The molecule has 0 aliphatic carbocycles. The number of nitrogens with one attached hydrogen (secondary N) is 1. The number of rotatable bonds is 9. The van der Waals surface area contributed by atoms with Crippen LogP contribution in [0.4, 0.5) is 17.6 Å². The van der Waals surface area contributed by atoms with Crippen molar-refractivity contribution >= 4 is 17.6 Å². The van der Waals surface area contributed by atoms with Crippen LogP contribution in [-0.2, 0) is 0 Å². The molecule has 1 aliphatic rings. The lowest BCUT2D eigenvalue weighted by Gasteiger charge is -2.34. The van der Waals surface area contributed by atoms with Gasteiger partial charge in [0.2, 0.25) is 11.9 Å². The van der Waals surface area contributed by atoms with E-state index >= 15 is 0 Å². The fourth-order valence-corrected chi connectivity index (χ4v) is 4.01. The summed E-state index contributed by atoms with van der Waals surface area (Å²) in [4.78, 5) is 22.2. The fourth-order valence-electron chi connectivity index (χ4n) is 4.01. The standard InChI is InChI=1S/C27H29N7O2/c1-35-24-7-3-21(4-8-24)22-19-30-26(31-20-22)32-23-5-9-25(10-6-23)36-18-17-33-13-15-34(16-14-33)27-28-11-2-12-29-27/h2-12,19-20H,13-18H2,1H3,(H,30,31,32). The average molecular weight is 484 g/mol. The van der Waals surface area contributed by atoms with Crippen LogP contribution < -0.4 is 19.7 Å². The van der Waals surface area contributed by atoms with Gasteiger partial charge in [0.05, 0.1) is 7.11 Å². The first kappa shape index (κ1) is 23.5. The highest BCUT2D eigenvalue weighted by Crippen LogP contribution is 2.23. The largest absolute Gasteiger partial charge is 0.497 e. The topological polar surface area (TPSA) is 88.5 Å². The van der Waals surface area contributed by atoms with Crippen LogP contribution in [0.1, 0.15) is 0 Å². The number of hydrogen-bond donors (Lipinski definition) is 1. The highest BCUT2D eigenvalue weighted by molar-refractivity contribution is 5.63. The summed E-state index contributed by atoms with van der Waals surface area (Å²) in [5, 5.41) is 3.23. The third kappa shape index (κ3) is 6.05. The van der Waals surface area contributed by atoms with Crippen LogP contribution in [0.5, 0.6) is 11.5 Å². The molecule has 2 aromatic heterocycles. The monoisotopic (exact) mass is 483 g/mol. The van der Waals surface area contributed by atoms with E-state index in [1.807, 2.05) is 54.6 Å². The van der Waals surface area contributed by atoms with Gasteiger partial charge in [0, 0.05) is 68.8 Å². The Bertz CT molecular complexity index is 1210. The normalized spacial score (nSPS) is 13.9.